The quantitative estimate of drug-likeness (QED) is 0.278. The van der Waals surface area contributed by atoms with Gasteiger partial charge in [0, 0.05) is 56.1 Å². The number of para-hydroxylation sites is 1. The fraction of sp³-hybridized carbons (Fsp3) is 0.300. The van der Waals surface area contributed by atoms with Crippen molar-refractivity contribution in [2.24, 2.45) is 0 Å². The van der Waals surface area contributed by atoms with Crippen LogP contribution in [0.15, 0.2) is 61.4 Å². The molecule has 1 amide bonds. The topological polar surface area (TPSA) is 96.8 Å². The van der Waals surface area contributed by atoms with E-state index >= 15 is 0 Å². The first-order valence-corrected chi connectivity index (χ1v) is 13.2. The van der Waals surface area contributed by atoms with E-state index in [4.69, 9.17) is 14.5 Å². The van der Waals surface area contributed by atoms with Crippen LogP contribution in [-0.2, 0) is 11.3 Å². The number of carbonyl (C=O) groups is 1. The van der Waals surface area contributed by atoms with E-state index in [9.17, 15) is 4.79 Å². The molecule has 0 fully saturated rings. The van der Waals surface area contributed by atoms with E-state index in [0.29, 0.717) is 29.7 Å². The molecule has 10 heteroatoms. The first-order valence-electron chi connectivity index (χ1n) is 13.2. The van der Waals surface area contributed by atoms with Crippen LogP contribution in [0.4, 0.5) is 23.0 Å². The van der Waals surface area contributed by atoms with Gasteiger partial charge in [-0.15, -0.1) is 0 Å². The van der Waals surface area contributed by atoms with E-state index in [2.05, 4.69) is 48.8 Å². The number of likely N-dealkylation sites (N-methyl/N-ethyl adjacent to an activating group) is 2. The minimum absolute atomic E-state index is 0.301. The van der Waals surface area contributed by atoms with Gasteiger partial charge in [0.1, 0.15) is 11.5 Å². The van der Waals surface area contributed by atoms with Gasteiger partial charge in [0.25, 0.3) is 0 Å². The summed E-state index contributed by atoms with van der Waals surface area (Å²) in [4.78, 5) is 25.8. The van der Waals surface area contributed by atoms with E-state index in [-0.39, 0.29) is 5.91 Å². The molecule has 40 heavy (non-hydrogen) atoms. The van der Waals surface area contributed by atoms with Gasteiger partial charge >= 0.3 is 0 Å². The lowest BCUT2D eigenvalue weighted by Crippen LogP contribution is -2.29. The number of aryl methyl sites for hydroxylation is 1. The molecular formula is C30H35N7O3. The van der Waals surface area contributed by atoms with Crippen LogP contribution in [-0.4, -0.2) is 73.3 Å². The Kier molecular flexibility index (Phi) is 7.88. The monoisotopic (exact) mass is 541 g/mol. The number of benzene rings is 2. The Labute approximate surface area is 234 Å². The average molecular weight is 542 g/mol. The third-order valence-electron chi connectivity index (χ3n) is 6.90. The van der Waals surface area contributed by atoms with Gasteiger partial charge in [0.05, 0.1) is 42.0 Å². The minimum atomic E-state index is -0.301. The fourth-order valence-electron chi connectivity index (χ4n) is 4.83. The highest BCUT2D eigenvalue weighted by Crippen LogP contribution is 2.39. The van der Waals surface area contributed by atoms with Gasteiger partial charge in [0.15, 0.2) is 0 Å². The van der Waals surface area contributed by atoms with Crippen molar-refractivity contribution in [3.8, 4) is 22.8 Å². The molecule has 2 aromatic heterocycles. The van der Waals surface area contributed by atoms with Crippen molar-refractivity contribution in [2.45, 2.75) is 13.0 Å². The van der Waals surface area contributed by atoms with Gasteiger partial charge in [-0.05, 0) is 44.8 Å². The molecule has 4 aromatic rings. The zero-order valence-electron chi connectivity index (χ0n) is 23.4. The van der Waals surface area contributed by atoms with E-state index < -0.39 is 0 Å². The standard InChI is InChI=1S/C30H35N7O3/c1-6-28(38)32-23-17-24(27(39-5)18-25(23)36(4)15-14-35(2)3)34-30-31-12-11-22(33-30)21-19-37-13-8-16-40-26-10-7-9-20(21)29(26)37/h6-7,9-12,17-19H,1,8,13-16H2,2-5H3,(H,32,38)(H,31,33,34). The molecule has 2 aromatic carbocycles. The molecule has 0 saturated carbocycles. The van der Waals surface area contributed by atoms with Crippen LogP contribution >= 0.6 is 0 Å². The average Bonchev–Trinajstić information content (AvgIpc) is 3.20. The van der Waals surface area contributed by atoms with Crippen LogP contribution in [0, 0.1) is 0 Å². The Balaban J connectivity index is 1.50. The molecule has 0 bridgehead atoms. The van der Waals surface area contributed by atoms with Gasteiger partial charge in [-0.2, -0.15) is 0 Å². The van der Waals surface area contributed by atoms with Gasteiger partial charge in [-0.1, -0.05) is 18.7 Å². The normalized spacial score (nSPS) is 12.5. The van der Waals surface area contributed by atoms with Crippen LogP contribution in [0.5, 0.6) is 11.5 Å². The lowest BCUT2D eigenvalue weighted by molar-refractivity contribution is -0.111. The molecule has 5 rings (SSSR count). The van der Waals surface area contributed by atoms with E-state index in [1.807, 2.05) is 51.5 Å². The number of carbonyl (C=O) groups excluding carboxylic acids is 1. The summed E-state index contributed by atoms with van der Waals surface area (Å²) in [7, 11) is 7.64. The number of amides is 1. The van der Waals surface area contributed by atoms with Gasteiger partial charge in [0.2, 0.25) is 11.9 Å². The Hall–Kier alpha value is -4.57. The Morgan fingerprint density at radius 1 is 1.20 bits per heavy atom. The zero-order chi connectivity index (χ0) is 28.2. The van der Waals surface area contributed by atoms with Crippen molar-refractivity contribution in [1.29, 1.82) is 0 Å². The summed E-state index contributed by atoms with van der Waals surface area (Å²) in [6, 6.07) is 11.8. The van der Waals surface area contributed by atoms with Crippen molar-refractivity contribution in [1.82, 2.24) is 19.4 Å². The summed E-state index contributed by atoms with van der Waals surface area (Å²) < 4.78 is 14.0. The maximum absolute atomic E-state index is 12.3. The molecule has 0 saturated heterocycles. The molecule has 0 unspecified atom stereocenters. The van der Waals surface area contributed by atoms with Crippen molar-refractivity contribution < 1.29 is 14.3 Å². The Bertz CT molecular complexity index is 1550. The van der Waals surface area contributed by atoms with Crippen molar-refractivity contribution in [2.75, 3.05) is 63.5 Å². The molecule has 0 radical (unpaired) electrons. The molecule has 2 N–H and O–H groups in total. The smallest absolute Gasteiger partial charge is 0.247 e. The number of aromatic nitrogens is 3. The van der Waals surface area contributed by atoms with Crippen molar-refractivity contribution in [3.63, 3.8) is 0 Å². The number of hydrogen-bond donors (Lipinski definition) is 2. The highest BCUT2D eigenvalue weighted by Gasteiger charge is 2.19. The van der Waals surface area contributed by atoms with Gasteiger partial charge in [-0.3, -0.25) is 4.79 Å². The molecule has 0 aliphatic carbocycles. The summed E-state index contributed by atoms with van der Waals surface area (Å²) >= 11 is 0. The van der Waals surface area contributed by atoms with Crippen LogP contribution in [0.25, 0.3) is 22.2 Å². The third-order valence-corrected chi connectivity index (χ3v) is 6.90. The third kappa shape index (κ3) is 5.57. The molecule has 0 atom stereocenters. The number of rotatable bonds is 10. The molecule has 1 aliphatic rings. The van der Waals surface area contributed by atoms with Crippen molar-refractivity contribution in [3.05, 3.63) is 61.4 Å². The summed E-state index contributed by atoms with van der Waals surface area (Å²) in [5, 5.41) is 7.31. The highest BCUT2D eigenvalue weighted by atomic mass is 16.5. The molecule has 10 nitrogen and oxygen atoms in total. The number of nitrogens with one attached hydrogen (secondary N) is 2. The summed E-state index contributed by atoms with van der Waals surface area (Å²) in [5.41, 5.74) is 4.95. The lowest BCUT2D eigenvalue weighted by atomic mass is 10.1. The first-order chi connectivity index (χ1) is 19.4. The predicted octanol–water partition coefficient (Wildman–Crippen LogP) is 4.76. The minimum Gasteiger partial charge on any atom is -0.494 e. The Morgan fingerprint density at radius 2 is 2.05 bits per heavy atom. The number of methoxy groups -OCH3 is 1. The van der Waals surface area contributed by atoms with Crippen LogP contribution < -0.4 is 25.0 Å². The van der Waals surface area contributed by atoms with E-state index in [1.165, 1.54) is 6.08 Å². The number of nitrogens with zero attached hydrogens (tertiary/aromatic N) is 5. The second kappa shape index (κ2) is 11.7. The van der Waals surface area contributed by atoms with E-state index in [1.54, 1.807) is 13.3 Å². The second-order valence-corrected chi connectivity index (χ2v) is 9.97. The first kappa shape index (κ1) is 27.0. The molecular weight excluding hydrogens is 506 g/mol. The van der Waals surface area contributed by atoms with Gasteiger partial charge in [-0.25, -0.2) is 9.97 Å². The summed E-state index contributed by atoms with van der Waals surface area (Å²) in [5.74, 6) is 1.59. The SMILES string of the molecule is C=CC(=O)Nc1cc(Nc2nccc(-c3cn4c5c(cccc35)OCCC4)n2)c(OC)cc1N(C)CCN(C)C. The molecule has 208 valence electrons. The Morgan fingerprint density at radius 3 is 2.83 bits per heavy atom. The van der Waals surface area contributed by atoms with E-state index in [0.717, 1.165) is 59.7 Å². The highest BCUT2D eigenvalue weighted by molar-refractivity contribution is 6.02. The van der Waals surface area contributed by atoms with Crippen LogP contribution in [0.3, 0.4) is 0 Å². The van der Waals surface area contributed by atoms with Crippen LogP contribution in [0.2, 0.25) is 0 Å². The maximum atomic E-state index is 12.3. The lowest BCUT2D eigenvalue weighted by Gasteiger charge is -2.26. The number of anilines is 4. The molecule has 0 spiro atoms. The maximum Gasteiger partial charge on any atom is 0.247 e. The number of ether oxygens (including phenoxy) is 2. The number of hydrogen-bond acceptors (Lipinski definition) is 8. The van der Waals surface area contributed by atoms with Crippen molar-refractivity contribution >= 4 is 39.8 Å². The summed E-state index contributed by atoms with van der Waals surface area (Å²) in [6.07, 6.45) is 6.06. The molecule has 1 aliphatic heterocycles. The fourth-order valence-corrected chi connectivity index (χ4v) is 4.83. The zero-order valence-corrected chi connectivity index (χ0v) is 23.4. The second-order valence-electron chi connectivity index (χ2n) is 9.97. The predicted molar refractivity (Wildman–Crippen MR) is 160 cm³/mol. The summed E-state index contributed by atoms with van der Waals surface area (Å²) in [6.45, 7) is 6.79. The largest absolute Gasteiger partial charge is 0.494 e. The van der Waals surface area contributed by atoms with Gasteiger partial charge < -0.3 is 34.5 Å². The van der Waals surface area contributed by atoms with Crippen LogP contribution in [0.1, 0.15) is 6.42 Å². The molecule has 3 heterocycles.